The Bertz CT molecular complexity index is 564. The lowest BCUT2D eigenvalue weighted by Gasteiger charge is -2.15. The van der Waals surface area contributed by atoms with Crippen molar-refractivity contribution in [2.24, 2.45) is 5.84 Å². The zero-order valence-corrected chi connectivity index (χ0v) is 15.4. The third-order valence-electron chi connectivity index (χ3n) is 3.12. The zero-order chi connectivity index (χ0) is 14.9. The molecule has 2 rings (SSSR count). The van der Waals surface area contributed by atoms with Crippen LogP contribution in [0.3, 0.4) is 0 Å². The quantitative estimate of drug-likeness (QED) is 0.619. The van der Waals surface area contributed by atoms with Crippen LogP contribution in [-0.2, 0) is 11.8 Å². The van der Waals surface area contributed by atoms with Crippen molar-refractivity contribution in [3.63, 3.8) is 0 Å². The smallest absolute Gasteiger partial charge is 0.0948 e. The average molecular weight is 374 g/mol. The Morgan fingerprint density at radius 3 is 2.60 bits per heavy atom. The maximum absolute atomic E-state index is 5.72. The molecule has 0 aliphatic heterocycles. The molecule has 110 valence electrons. The first-order chi connectivity index (χ1) is 9.31. The molecule has 0 aliphatic carbocycles. The minimum absolute atomic E-state index is 0.100. The lowest BCUT2D eigenvalue weighted by molar-refractivity contribution is 0.547. The number of nitrogens with one attached hydrogen (secondary N) is 1. The molecule has 2 aromatic heterocycles. The molecular formula is C14H20BrN3S2. The van der Waals surface area contributed by atoms with Crippen LogP contribution >= 0.6 is 38.6 Å². The number of nitrogens with zero attached hydrogens (tertiary/aromatic N) is 1. The molecule has 2 heterocycles. The van der Waals surface area contributed by atoms with Crippen LogP contribution in [0.1, 0.15) is 48.0 Å². The van der Waals surface area contributed by atoms with Crippen molar-refractivity contribution in [1.82, 2.24) is 10.4 Å². The summed E-state index contributed by atoms with van der Waals surface area (Å²) < 4.78 is 1.17. The second-order valence-electron chi connectivity index (χ2n) is 5.91. The molecule has 1 unspecified atom stereocenters. The van der Waals surface area contributed by atoms with Crippen molar-refractivity contribution >= 4 is 38.6 Å². The Labute approximate surface area is 136 Å². The Hall–Kier alpha value is -0.270. The van der Waals surface area contributed by atoms with Crippen LogP contribution in [0.25, 0.3) is 0 Å². The molecule has 0 saturated carbocycles. The summed E-state index contributed by atoms with van der Waals surface area (Å²) in [5.41, 5.74) is 5.41. The predicted octanol–water partition coefficient (Wildman–Crippen LogP) is 4.32. The SMILES string of the molecule is Cc1cc(C(Cc2nc(C(C)(C)C)cs2)NN)sc1Br. The molecule has 0 radical (unpaired) electrons. The molecule has 0 amide bonds. The van der Waals surface area contributed by atoms with E-state index in [2.05, 4.69) is 60.5 Å². The highest BCUT2D eigenvalue weighted by Crippen LogP contribution is 2.33. The van der Waals surface area contributed by atoms with Gasteiger partial charge in [0.2, 0.25) is 0 Å². The lowest BCUT2D eigenvalue weighted by Crippen LogP contribution is -2.29. The van der Waals surface area contributed by atoms with Crippen molar-refractivity contribution in [2.45, 2.75) is 45.6 Å². The van der Waals surface area contributed by atoms with Crippen molar-refractivity contribution in [3.05, 3.63) is 36.4 Å². The van der Waals surface area contributed by atoms with Gasteiger partial charge in [0.1, 0.15) is 0 Å². The van der Waals surface area contributed by atoms with Crippen molar-refractivity contribution < 1.29 is 0 Å². The first kappa shape index (κ1) is 16.1. The summed E-state index contributed by atoms with van der Waals surface area (Å²) in [5.74, 6) is 5.72. The Kier molecular flexibility index (Phi) is 5.02. The monoisotopic (exact) mass is 373 g/mol. The first-order valence-electron chi connectivity index (χ1n) is 6.48. The maximum Gasteiger partial charge on any atom is 0.0948 e. The van der Waals surface area contributed by atoms with E-state index in [1.54, 1.807) is 22.7 Å². The fraction of sp³-hybridized carbons (Fsp3) is 0.500. The van der Waals surface area contributed by atoms with Crippen molar-refractivity contribution in [3.8, 4) is 0 Å². The van der Waals surface area contributed by atoms with E-state index in [0.29, 0.717) is 0 Å². The molecule has 0 spiro atoms. The molecule has 1 atom stereocenters. The van der Waals surface area contributed by atoms with E-state index in [0.717, 1.165) is 17.1 Å². The van der Waals surface area contributed by atoms with Crippen LogP contribution in [0.2, 0.25) is 0 Å². The van der Waals surface area contributed by atoms with E-state index in [9.17, 15) is 0 Å². The van der Waals surface area contributed by atoms with Crippen LogP contribution in [0.4, 0.5) is 0 Å². The third kappa shape index (κ3) is 3.68. The molecule has 0 saturated heterocycles. The van der Waals surface area contributed by atoms with Gasteiger partial charge in [0, 0.05) is 22.1 Å². The van der Waals surface area contributed by atoms with Gasteiger partial charge < -0.3 is 0 Å². The number of hydrogen-bond donors (Lipinski definition) is 2. The fourth-order valence-electron chi connectivity index (χ4n) is 1.82. The summed E-state index contributed by atoms with van der Waals surface area (Å²) in [4.78, 5) is 5.98. The highest BCUT2D eigenvalue weighted by Gasteiger charge is 2.20. The molecule has 0 fully saturated rings. The number of halogens is 1. The Balaban J connectivity index is 2.16. The van der Waals surface area contributed by atoms with Gasteiger partial charge in [-0.3, -0.25) is 11.3 Å². The highest BCUT2D eigenvalue weighted by atomic mass is 79.9. The maximum atomic E-state index is 5.72. The number of hydrogen-bond acceptors (Lipinski definition) is 5. The predicted molar refractivity (Wildman–Crippen MR) is 91.3 cm³/mol. The minimum Gasteiger partial charge on any atom is -0.271 e. The van der Waals surface area contributed by atoms with Crippen LogP contribution in [0.5, 0.6) is 0 Å². The number of hydrazine groups is 1. The number of thiazole rings is 1. The molecule has 3 N–H and O–H groups in total. The molecule has 0 aromatic carbocycles. The van der Waals surface area contributed by atoms with E-state index >= 15 is 0 Å². The van der Waals surface area contributed by atoms with E-state index < -0.39 is 0 Å². The molecule has 0 bridgehead atoms. The van der Waals surface area contributed by atoms with Crippen molar-refractivity contribution in [2.75, 3.05) is 0 Å². The second kappa shape index (κ2) is 6.23. The minimum atomic E-state index is 0.100. The summed E-state index contributed by atoms with van der Waals surface area (Å²) in [6, 6.07) is 2.29. The van der Waals surface area contributed by atoms with Crippen LogP contribution in [-0.4, -0.2) is 4.98 Å². The first-order valence-corrected chi connectivity index (χ1v) is 8.97. The summed E-state index contributed by atoms with van der Waals surface area (Å²) in [5, 5.41) is 3.28. The standard InChI is InChI=1S/C14H20BrN3S2/c1-8-5-10(20-13(8)15)9(18-16)6-12-17-11(7-19-12)14(2,3)4/h5,7,9,18H,6,16H2,1-4H3. The molecule has 3 nitrogen and oxygen atoms in total. The largest absolute Gasteiger partial charge is 0.271 e. The van der Waals surface area contributed by atoms with E-state index in [4.69, 9.17) is 10.8 Å². The van der Waals surface area contributed by atoms with Gasteiger partial charge in [0.15, 0.2) is 0 Å². The molecule has 0 aliphatic rings. The van der Waals surface area contributed by atoms with Gasteiger partial charge in [0.25, 0.3) is 0 Å². The van der Waals surface area contributed by atoms with Gasteiger partial charge in [-0.05, 0) is 34.5 Å². The highest BCUT2D eigenvalue weighted by molar-refractivity contribution is 9.11. The molecule has 20 heavy (non-hydrogen) atoms. The molecule has 2 aromatic rings. The van der Waals surface area contributed by atoms with Crippen LogP contribution in [0.15, 0.2) is 15.2 Å². The number of aryl methyl sites for hydroxylation is 1. The number of thiophene rings is 1. The van der Waals surface area contributed by atoms with Gasteiger partial charge in [-0.2, -0.15) is 0 Å². The lowest BCUT2D eigenvalue weighted by atomic mass is 9.93. The van der Waals surface area contributed by atoms with Crippen molar-refractivity contribution in [1.29, 1.82) is 0 Å². The average Bonchev–Trinajstić information content (AvgIpc) is 2.94. The second-order valence-corrected chi connectivity index (χ2v) is 9.25. The van der Waals surface area contributed by atoms with Crippen LogP contribution < -0.4 is 11.3 Å². The summed E-state index contributed by atoms with van der Waals surface area (Å²) >= 11 is 7.01. The van der Waals surface area contributed by atoms with Crippen LogP contribution in [0, 0.1) is 6.92 Å². The van der Waals surface area contributed by atoms with Gasteiger partial charge in [0.05, 0.1) is 20.5 Å². The Morgan fingerprint density at radius 1 is 1.45 bits per heavy atom. The summed E-state index contributed by atoms with van der Waals surface area (Å²) in [6.45, 7) is 8.65. The van der Waals surface area contributed by atoms with Gasteiger partial charge in [-0.1, -0.05) is 20.8 Å². The number of rotatable bonds is 4. The topological polar surface area (TPSA) is 50.9 Å². The molecular weight excluding hydrogens is 354 g/mol. The fourth-order valence-corrected chi connectivity index (χ4v) is 4.52. The normalized spacial score (nSPS) is 13.7. The van der Waals surface area contributed by atoms with E-state index in [1.165, 1.54) is 14.2 Å². The summed E-state index contributed by atoms with van der Waals surface area (Å²) in [6.07, 6.45) is 0.823. The zero-order valence-electron chi connectivity index (χ0n) is 12.2. The van der Waals surface area contributed by atoms with E-state index in [-0.39, 0.29) is 11.5 Å². The third-order valence-corrected chi connectivity index (χ3v) is 6.24. The van der Waals surface area contributed by atoms with Gasteiger partial charge in [-0.15, -0.1) is 22.7 Å². The molecule has 6 heteroatoms. The van der Waals surface area contributed by atoms with Gasteiger partial charge in [-0.25, -0.2) is 4.98 Å². The van der Waals surface area contributed by atoms with Gasteiger partial charge >= 0.3 is 0 Å². The van der Waals surface area contributed by atoms with E-state index in [1.807, 2.05) is 0 Å². The summed E-state index contributed by atoms with van der Waals surface area (Å²) in [7, 11) is 0. The number of aromatic nitrogens is 1. The Morgan fingerprint density at radius 2 is 2.15 bits per heavy atom. The number of nitrogens with two attached hydrogens (primary N) is 1.